The lowest BCUT2D eigenvalue weighted by Crippen LogP contribution is -2.35. The molecule has 2 unspecified atom stereocenters. The molecule has 0 saturated carbocycles. The fourth-order valence-electron chi connectivity index (χ4n) is 3.00. The number of nitrogens with one attached hydrogen (secondary N) is 2. The van der Waals surface area contributed by atoms with Crippen LogP contribution in [-0.2, 0) is 6.54 Å². The molecule has 4 heteroatoms. The standard InChI is InChI=1S/C16H25N3O/c1-5-6-11(2)15(17-3)12-7-8-14-13(9-12)10-19(4)16(20)18-14/h7-9,11,15,17H,5-6,10H2,1-4H3,(H,18,20). The lowest BCUT2D eigenvalue weighted by molar-refractivity contribution is 0.218. The summed E-state index contributed by atoms with van der Waals surface area (Å²) in [6, 6.07) is 6.70. The van der Waals surface area contributed by atoms with Crippen molar-refractivity contribution in [2.24, 2.45) is 5.92 Å². The Kier molecular flexibility index (Phi) is 4.65. The van der Waals surface area contributed by atoms with Gasteiger partial charge < -0.3 is 15.5 Å². The van der Waals surface area contributed by atoms with Gasteiger partial charge in [0.05, 0.1) is 0 Å². The van der Waals surface area contributed by atoms with Crippen molar-refractivity contribution in [3.8, 4) is 0 Å². The number of anilines is 1. The summed E-state index contributed by atoms with van der Waals surface area (Å²) in [7, 11) is 3.84. The highest BCUT2D eigenvalue weighted by atomic mass is 16.2. The van der Waals surface area contributed by atoms with Gasteiger partial charge in [-0.3, -0.25) is 0 Å². The molecule has 20 heavy (non-hydrogen) atoms. The van der Waals surface area contributed by atoms with E-state index < -0.39 is 0 Å². The summed E-state index contributed by atoms with van der Waals surface area (Å²) < 4.78 is 0. The van der Waals surface area contributed by atoms with Crippen LogP contribution in [-0.4, -0.2) is 25.0 Å². The summed E-state index contributed by atoms with van der Waals surface area (Å²) in [5.74, 6) is 0.596. The summed E-state index contributed by atoms with van der Waals surface area (Å²) in [4.78, 5) is 13.3. The monoisotopic (exact) mass is 275 g/mol. The number of fused-ring (bicyclic) bond motifs is 1. The van der Waals surface area contributed by atoms with Gasteiger partial charge in [-0.1, -0.05) is 32.4 Å². The fourth-order valence-corrected chi connectivity index (χ4v) is 3.00. The van der Waals surface area contributed by atoms with Crippen molar-refractivity contribution in [2.75, 3.05) is 19.4 Å². The van der Waals surface area contributed by atoms with E-state index in [1.54, 1.807) is 4.90 Å². The van der Waals surface area contributed by atoms with Crippen molar-refractivity contribution in [1.82, 2.24) is 10.2 Å². The number of hydrogen-bond acceptors (Lipinski definition) is 2. The minimum absolute atomic E-state index is 0.0326. The van der Waals surface area contributed by atoms with E-state index in [1.807, 2.05) is 20.2 Å². The van der Waals surface area contributed by atoms with Crippen LogP contribution in [0.3, 0.4) is 0 Å². The first-order chi connectivity index (χ1) is 9.56. The van der Waals surface area contributed by atoms with E-state index in [1.165, 1.54) is 24.0 Å². The zero-order chi connectivity index (χ0) is 14.7. The predicted octanol–water partition coefficient (Wildman–Crippen LogP) is 3.36. The van der Waals surface area contributed by atoms with Gasteiger partial charge in [0.25, 0.3) is 0 Å². The average molecular weight is 275 g/mol. The van der Waals surface area contributed by atoms with Gasteiger partial charge in [0, 0.05) is 25.3 Å². The number of carbonyl (C=O) groups excluding carboxylic acids is 1. The SMILES string of the molecule is CCCC(C)C(NC)c1ccc2c(c1)CN(C)C(=O)N2. The molecule has 0 bridgehead atoms. The second-order valence-corrected chi connectivity index (χ2v) is 5.74. The Morgan fingerprint density at radius 2 is 2.20 bits per heavy atom. The first-order valence-corrected chi connectivity index (χ1v) is 7.39. The molecule has 1 aliphatic heterocycles. The normalized spacial score (nSPS) is 17.4. The van der Waals surface area contributed by atoms with Crippen LogP contribution in [0.5, 0.6) is 0 Å². The highest BCUT2D eigenvalue weighted by Crippen LogP contribution is 2.30. The van der Waals surface area contributed by atoms with Crippen LogP contribution >= 0.6 is 0 Å². The van der Waals surface area contributed by atoms with Gasteiger partial charge in [-0.25, -0.2) is 4.79 Å². The summed E-state index contributed by atoms with van der Waals surface area (Å²) in [5.41, 5.74) is 3.43. The van der Waals surface area contributed by atoms with E-state index in [2.05, 4.69) is 36.6 Å². The maximum absolute atomic E-state index is 11.6. The Labute approximate surface area is 121 Å². The smallest absolute Gasteiger partial charge is 0.321 e. The van der Waals surface area contributed by atoms with Crippen molar-refractivity contribution in [3.63, 3.8) is 0 Å². The Morgan fingerprint density at radius 1 is 1.45 bits per heavy atom. The zero-order valence-electron chi connectivity index (χ0n) is 12.9. The van der Waals surface area contributed by atoms with Gasteiger partial charge in [0.1, 0.15) is 0 Å². The van der Waals surface area contributed by atoms with Crippen molar-refractivity contribution in [2.45, 2.75) is 39.3 Å². The summed E-state index contributed by atoms with van der Waals surface area (Å²) in [6.07, 6.45) is 2.41. The van der Waals surface area contributed by atoms with Gasteiger partial charge in [0.15, 0.2) is 0 Å². The average Bonchev–Trinajstić information content (AvgIpc) is 2.41. The number of hydrogen-bond donors (Lipinski definition) is 2. The number of amides is 2. The number of benzene rings is 1. The van der Waals surface area contributed by atoms with Crippen LogP contribution in [0.15, 0.2) is 18.2 Å². The molecule has 1 aliphatic rings. The molecule has 0 aromatic heterocycles. The summed E-state index contributed by atoms with van der Waals surface area (Å²) in [6.45, 7) is 5.19. The van der Waals surface area contributed by atoms with E-state index in [4.69, 9.17) is 0 Å². The Bertz CT molecular complexity index is 487. The van der Waals surface area contributed by atoms with Crippen LogP contribution in [0.4, 0.5) is 10.5 Å². The Morgan fingerprint density at radius 3 is 2.85 bits per heavy atom. The number of urea groups is 1. The molecule has 0 aliphatic carbocycles. The molecule has 2 rings (SSSR count). The number of nitrogens with zero attached hydrogens (tertiary/aromatic N) is 1. The molecular weight excluding hydrogens is 250 g/mol. The number of rotatable bonds is 5. The molecule has 0 saturated heterocycles. The third-order valence-corrected chi connectivity index (χ3v) is 4.11. The van der Waals surface area contributed by atoms with Crippen molar-refractivity contribution >= 4 is 11.7 Å². The van der Waals surface area contributed by atoms with E-state index in [9.17, 15) is 4.79 Å². The third kappa shape index (κ3) is 2.96. The molecule has 4 nitrogen and oxygen atoms in total. The minimum Gasteiger partial charge on any atom is -0.323 e. The largest absolute Gasteiger partial charge is 0.323 e. The molecule has 110 valence electrons. The van der Waals surface area contributed by atoms with Gasteiger partial charge in [-0.2, -0.15) is 0 Å². The van der Waals surface area contributed by atoms with Crippen LogP contribution in [0.25, 0.3) is 0 Å². The van der Waals surface area contributed by atoms with E-state index >= 15 is 0 Å². The molecule has 2 N–H and O–H groups in total. The molecule has 0 fully saturated rings. The quantitative estimate of drug-likeness (QED) is 0.865. The van der Waals surface area contributed by atoms with E-state index in [0.29, 0.717) is 18.5 Å². The first kappa shape index (κ1) is 14.9. The Hall–Kier alpha value is -1.55. The molecule has 1 heterocycles. The second kappa shape index (κ2) is 6.27. The van der Waals surface area contributed by atoms with Crippen molar-refractivity contribution < 1.29 is 4.79 Å². The van der Waals surface area contributed by atoms with Crippen molar-refractivity contribution in [3.05, 3.63) is 29.3 Å². The van der Waals surface area contributed by atoms with Gasteiger partial charge in [-0.05, 0) is 36.6 Å². The van der Waals surface area contributed by atoms with E-state index in [-0.39, 0.29) is 6.03 Å². The van der Waals surface area contributed by atoms with Crippen LogP contribution < -0.4 is 10.6 Å². The highest BCUT2D eigenvalue weighted by molar-refractivity contribution is 5.92. The minimum atomic E-state index is -0.0326. The van der Waals surface area contributed by atoms with Crippen molar-refractivity contribution in [1.29, 1.82) is 0 Å². The molecule has 2 amide bonds. The maximum atomic E-state index is 11.6. The van der Waals surface area contributed by atoms with Crippen LogP contribution in [0, 0.1) is 5.92 Å². The fraction of sp³-hybridized carbons (Fsp3) is 0.562. The first-order valence-electron chi connectivity index (χ1n) is 7.39. The van der Waals surface area contributed by atoms with Gasteiger partial charge in [-0.15, -0.1) is 0 Å². The molecule has 1 aromatic carbocycles. The van der Waals surface area contributed by atoms with Crippen LogP contribution in [0.1, 0.15) is 43.9 Å². The summed E-state index contributed by atoms with van der Waals surface area (Å²) in [5, 5.41) is 6.34. The van der Waals surface area contributed by atoms with Gasteiger partial charge in [0.2, 0.25) is 0 Å². The van der Waals surface area contributed by atoms with E-state index in [0.717, 1.165) is 5.69 Å². The molecule has 1 aromatic rings. The van der Waals surface area contributed by atoms with Crippen LogP contribution in [0.2, 0.25) is 0 Å². The maximum Gasteiger partial charge on any atom is 0.321 e. The molecule has 0 spiro atoms. The Balaban J connectivity index is 2.25. The molecule has 2 atom stereocenters. The lowest BCUT2D eigenvalue weighted by Gasteiger charge is -2.29. The lowest BCUT2D eigenvalue weighted by atomic mass is 9.89. The number of carbonyl (C=O) groups is 1. The molecule has 0 radical (unpaired) electrons. The summed E-state index contributed by atoms with van der Waals surface area (Å²) >= 11 is 0. The topological polar surface area (TPSA) is 44.4 Å². The second-order valence-electron chi connectivity index (χ2n) is 5.74. The zero-order valence-corrected chi connectivity index (χ0v) is 12.9. The third-order valence-electron chi connectivity index (χ3n) is 4.11. The van der Waals surface area contributed by atoms with Gasteiger partial charge >= 0.3 is 6.03 Å². The molecular formula is C16H25N3O. The predicted molar refractivity (Wildman–Crippen MR) is 82.8 cm³/mol. The highest BCUT2D eigenvalue weighted by Gasteiger charge is 2.22.